The van der Waals surface area contributed by atoms with Crippen LogP contribution >= 0.6 is 0 Å². The molecule has 0 aliphatic carbocycles. The fourth-order valence-electron chi connectivity index (χ4n) is 3.22. The molecular formula is C15H26N2O2. The van der Waals surface area contributed by atoms with Crippen LogP contribution in [0.4, 0.5) is 0 Å². The number of hydrogen-bond acceptors (Lipinski definition) is 2. The molecule has 0 aromatic rings. The van der Waals surface area contributed by atoms with Crippen molar-refractivity contribution in [3.05, 3.63) is 0 Å². The molecule has 4 nitrogen and oxygen atoms in total. The van der Waals surface area contributed by atoms with Crippen LogP contribution < -0.4 is 0 Å². The van der Waals surface area contributed by atoms with Gasteiger partial charge < -0.3 is 9.80 Å². The molecule has 108 valence electrons. The first-order valence-electron chi connectivity index (χ1n) is 7.75. The van der Waals surface area contributed by atoms with Crippen LogP contribution in [0.5, 0.6) is 0 Å². The molecule has 2 unspecified atom stereocenters. The summed E-state index contributed by atoms with van der Waals surface area (Å²) in [6.45, 7) is 5.35. The average Bonchev–Trinajstić information content (AvgIpc) is 2.89. The quantitative estimate of drug-likeness (QED) is 0.691. The molecule has 0 aromatic carbocycles. The summed E-state index contributed by atoms with van der Waals surface area (Å²) >= 11 is 0. The molecule has 19 heavy (non-hydrogen) atoms. The van der Waals surface area contributed by atoms with Gasteiger partial charge in [-0.3, -0.25) is 9.59 Å². The first-order chi connectivity index (χ1) is 9.15. The first kappa shape index (κ1) is 14.4. The summed E-state index contributed by atoms with van der Waals surface area (Å²) in [6.07, 6.45) is 7.71. The highest BCUT2D eigenvalue weighted by Gasteiger charge is 2.42. The summed E-state index contributed by atoms with van der Waals surface area (Å²) in [5.74, 6) is 0.322. The molecule has 2 heterocycles. The molecule has 0 saturated carbocycles. The predicted molar refractivity (Wildman–Crippen MR) is 74.7 cm³/mol. The van der Waals surface area contributed by atoms with Crippen molar-refractivity contribution < 1.29 is 9.59 Å². The Balaban J connectivity index is 1.88. The first-order valence-corrected chi connectivity index (χ1v) is 7.75. The minimum atomic E-state index is -0.153. The minimum absolute atomic E-state index is 0.141. The monoisotopic (exact) mass is 266 g/mol. The summed E-state index contributed by atoms with van der Waals surface area (Å²) in [4.78, 5) is 28.1. The van der Waals surface area contributed by atoms with Gasteiger partial charge >= 0.3 is 0 Å². The van der Waals surface area contributed by atoms with Gasteiger partial charge in [-0.2, -0.15) is 0 Å². The van der Waals surface area contributed by atoms with E-state index in [2.05, 4.69) is 13.8 Å². The van der Waals surface area contributed by atoms with Gasteiger partial charge in [0.2, 0.25) is 11.8 Å². The molecule has 0 spiro atoms. The van der Waals surface area contributed by atoms with E-state index >= 15 is 0 Å². The van der Waals surface area contributed by atoms with Crippen LogP contribution in [0.15, 0.2) is 0 Å². The molecule has 2 amide bonds. The Morgan fingerprint density at radius 2 is 2.05 bits per heavy atom. The zero-order chi connectivity index (χ0) is 13.8. The lowest BCUT2D eigenvalue weighted by atomic mass is 10.0. The molecule has 2 fully saturated rings. The van der Waals surface area contributed by atoms with E-state index in [1.807, 2.05) is 4.90 Å². The van der Waals surface area contributed by atoms with Crippen LogP contribution in [-0.2, 0) is 9.59 Å². The number of hydrogen-bond donors (Lipinski definition) is 0. The van der Waals surface area contributed by atoms with Gasteiger partial charge in [0.1, 0.15) is 12.6 Å². The van der Waals surface area contributed by atoms with Crippen molar-refractivity contribution in [2.75, 3.05) is 13.1 Å². The normalized spacial score (nSPS) is 24.8. The zero-order valence-corrected chi connectivity index (χ0v) is 12.2. The van der Waals surface area contributed by atoms with E-state index < -0.39 is 0 Å². The SMILES string of the molecule is CCCCCCC(C)N1CC(=O)N2CCCC2C1=O. The fraction of sp³-hybridized carbons (Fsp3) is 0.867. The highest BCUT2D eigenvalue weighted by Crippen LogP contribution is 2.25. The number of piperazine rings is 1. The second-order valence-corrected chi connectivity index (χ2v) is 5.91. The lowest BCUT2D eigenvalue weighted by molar-refractivity contribution is -0.155. The number of amides is 2. The van der Waals surface area contributed by atoms with Crippen molar-refractivity contribution in [3.8, 4) is 0 Å². The molecule has 0 bridgehead atoms. The van der Waals surface area contributed by atoms with Crippen LogP contribution in [0.3, 0.4) is 0 Å². The van der Waals surface area contributed by atoms with Crippen molar-refractivity contribution in [1.29, 1.82) is 0 Å². The largest absolute Gasteiger partial charge is 0.329 e. The Bertz CT molecular complexity index is 343. The van der Waals surface area contributed by atoms with Crippen molar-refractivity contribution in [3.63, 3.8) is 0 Å². The van der Waals surface area contributed by atoms with Gasteiger partial charge in [-0.05, 0) is 26.2 Å². The molecule has 4 heteroatoms. The number of unbranched alkanes of at least 4 members (excludes halogenated alkanes) is 3. The van der Waals surface area contributed by atoms with Gasteiger partial charge in [-0.15, -0.1) is 0 Å². The molecule has 0 N–H and O–H groups in total. The molecule has 2 rings (SSSR count). The Morgan fingerprint density at radius 3 is 2.79 bits per heavy atom. The van der Waals surface area contributed by atoms with Crippen molar-refractivity contribution in [2.24, 2.45) is 0 Å². The van der Waals surface area contributed by atoms with E-state index in [0.717, 1.165) is 32.2 Å². The summed E-state index contributed by atoms with van der Waals surface area (Å²) in [5.41, 5.74) is 0. The maximum absolute atomic E-state index is 12.4. The van der Waals surface area contributed by atoms with Crippen LogP contribution in [0.25, 0.3) is 0 Å². The molecule has 2 aliphatic heterocycles. The van der Waals surface area contributed by atoms with Crippen molar-refractivity contribution >= 4 is 11.8 Å². The zero-order valence-electron chi connectivity index (χ0n) is 12.2. The maximum Gasteiger partial charge on any atom is 0.246 e. The van der Waals surface area contributed by atoms with Crippen LogP contribution in [-0.4, -0.2) is 46.8 Å². The van der Waals surface area contributed by atoms with Crippen LogP contribution in [0.1, 0.15) is 58.8 Å². The summed E-state index contributed by atoms with van der Waals surface area (Å²) < 4.78 is 0. The molecule has 2 aliphatic rings. The second kappa shape index (κ2) is 6.40. The molecule has 0 aromatic heterocycles. The van der Waals surface area contributed by atoms with E-state index in [4.69, 9.17) is 0 Å². The highest BCUT2D eigenvalue weighted by atomic mass is 16.2. The van der Waals surface area contributed by atoms with E-state index in [-0.39, 0.29) is 23.9 Å². The molecular weight excluding hydrogens is 240 g/mol. The van der Waals surface area contributed by atoms with Gasteiger partial charge in [-0.25, -0.2) is 0 Å². The van der Waals surface area contributed by atoms with Crippen LogP contribution in [0, 0.1) is 0 Å². The Hall–Kier alpha value is -1.06. The van der Waals surface area contributed by atoms with E-state index in [1.165, 1.54) is 19.3 Å². The summed E-state index contributed by atoms with van der Waals surface area (Å²) in [5, 5.41) is 0. The fourth-order valence-corrected chi connectivity index (χ4v) is 3.22. The predicted octanol–water partition coefficient (Wildman–Crippen LogP) is 2.18. The van der Waals surface area contributed by atoms with E-state index in [1.54, 1.807) is 4.90 Å². The highest BCUT2D eigenvalue weighted by molar-refractivity contribution is 5.95. The lowest BCUT2D eigenvalue weighted by Crippen LogP contribution is -2.59. The number of carbonyl (C=O) groups excluding carboxylic acids is 2. The van der Waals surface area contributed by atoms with E-state index in [0.29, 0.717) is 6.54 Å². The van der Waals surface area contributed by atoms with Gasteiger partial charge in [0, 0.05) is 12.6 Å². The lowest BCUT2D eigenvalue weighted by Gasteiger charge is -2.39. The van der Waals surface area contributed by atoms with E-state index in [9.17, 15) is 9.59 Å². The van der Waals surface area contributed by atoms with Crippen molar-refractivity contribution in [1.82, 2.24) is 9.80 Å². The minimum Gasteiger partial charge on any atom is -0.329 e. The van der Waals surface area contributed by atoms with Crippen LogP contribution in [0.2, 0.25) is 0 Å². The Labute approximate surface area is 116 Å². The average molecular weight is 266 g/mol. The smallest absolute Gasteiger partial charge is 0.246 e. The maximum atomic E-state index is 12.4. The summed E-state index contributed by atoms with van der Waals surface area (Å²) in [7, 11) is 0. The third kappa shape index (κ3) is 3.10. The topological polar surface area (TPSA) is 40.6 Å². The van der Waals surface area contributed by atoms with Crippen molar-refractivity contribution in [2.45, 2.75) is 70.9 Å². The Kier molecular flexibility index (Phi) is 4.83. The molecule has 0 radical (unpaired) electrons. The standard InChI is InChI=1S/C15H26N2O2/c1-3-4-5-6-8-12(2)17-11-14(18)16-10-7-9-13(16)15(17)19/h12-13H,3-11H2,1-2H3. The summed E-state index contributed by atoms with van der Waals surface area (Å²) in [6, 6.07) is 0.0513. The second-order valence-electron chi connectivity index (χ2n) is 5.91. The van der Waals surface area contributed by atoms with Gasteiger partial charge in [0.25, 0.3) is 0 Å². The number of nitrogens with zero attached hydrogens (tertiary/aromatic N) is 2. The third-order valence-electron chi connectivity index (χ3n) is 4.45. The molecule has 2 saturated heterocycles. The third-order valence-corrected chi connectivity index (χ3v) is 4.45. The number of rotatable bonds is 6. The number of carbonyl (C=O) groups is 2. The number of fused-ring (bicyclic) bond motifs is 1. The van der Waals surface area contributed by atoms with Gasteiger partial charge in [0.15, 0.2) is 0 Å². The molecule has 2 atom stereocenters. The Morgan fingerprint density at radius 1 is 1.26 bits per heavy atom. The van der Waals surface area contributed by atoms with Gasteiger partial charge in [0.05, 0.1) is 0 Å². The van der Waals surface area contributed by atoms with Gasteiger partial charge in [-0.1, -0.05) is 32.6 Å².